The molecule has 0 unspecified atom stereocenters. The van der Waals surface area contributed by atoms with Crippen LogP contribution in [-0.4, -0.2) is 52.5 Å². The van der Waals surface area contributed by atoms with E-state index in [0.29, 0.717) is 36.8 Å². The van der Waals surface area contributed by atoms with E-state index in [-0.39, 0.29) is 23.7 Å². The normalized spacial score (nSPS) is 13.4. The molecule has 1 saturated carbocycles. The topological polar surface area (TPSA) is 100 Å². The lowest BCUT2D eigenvalue weighted by Crippen LogP contribution is -2.36. The number of carbonyl (C=O) groups excluding carboxylic acids is 1. The Balaban J connectivity index is 0.00000261. The number of hydrogen-bond acceptors (Lipinski definition) is 5. The Hall–Kier alpha value is -2.19. The van der Waals surface area contributed by atoms with Gasteiger partial charge in [-0.25, -0.2) is 9.78 Å². The van der Waals surface area contributed by atoms with Crippen LogP contribution >= 0.6 is 12.4 Å². The van der Waals surface area contributed by atoms with Crippen LogP contribution in [0, 0.1) is 0 Å². The highest BCUT2D eigenvalue weighted by Gasteiger charge is 2.29. The van der Waals surface area contributed by atoms with Crippen molar-refractivity contribution in [3.8, 4) is 0 Å². The molecule has 0 bridgehead atoms. The van der Waals surface area contributed by atoms with Gasteiger partial charge in [-0.3, -0.25) is 19.1 Å². The highest BCUT2D eigenvalue weighted by atomic mass is 35.5. The molecule has 1 fully saturated rings. The van der Waals surface area contributed by atoms with Crippen molar-refractivity contribution in [2.45, 2.75) is 38.6 Å². The van der Waals surface area contributed by atoms with Gasteiger partial charge in [0, 0.05) is 38.3 Å². The number of amides is 1. The molecule has 1 amide bonds. The minimum Gasteiger partial charge on any atom is -0.340 e. The Bertz CT molecular complexity index is 948. The number of aryl methyl sites for hydroxylation is 1. The molecule has 0 spiro atoms. The van der Waals surface area contributed by atoms with Crippen molar-refractivity contribution in [2.75, 3.05) is 27.2 Å². The van der Waals surface area contributed by atoms with E-state index in [1.807, 2.05) is 14.0 Å². The summed E-state index contributed by atoms with van der Waals surface area (Å²) in [6.07, 6.45) is 2.76. The standard InChI is InChI=1S/C18H25N5O3.ClH/c1-4-8-23-15-14(16(24)21-18(23)26)12(10-13(20-15)11-5-6-11)17(25)22(3)9-7-19-2;/h10-11,19H,4-9H2,1-3H3,(H,21,24,26);1H. The maximum Gasteiger partial charge on any atom is 0.329 e. The first-order valence-electron chi connectivity index (χ1n) is 9.05. The van der Waals surface area contributed by atoms with Gasteiger partial charge >= 0.3 is 5.69 Å². The lowest BCUT2D eigenvalue weighted by molar-refractivity contribution is 0.0798. The van der Waals surface area contributed by atoms with Gasteiger partial charge in [0.05, 0.1) is 10.9 Å². The molecule has 8 nitrogen and oxygen atoms in total. The summed E-state index contributed by atoms with van der Waals surface area (Å²) in [5.74, 6) is 0.0692. The highest BCUT2D eigenvalue weighted by Crippen LogP contribution is 2.40. The van der Waals surface area contributed by atoms with Crippen LogP contribution in [0.5, 0.6) is 0 Å². The summed E-state index contributed by atoms with van der Waals surface area (Å²) >= 11 is 0. The van der Waals surface area contributed by atoms with E-state index < -0.39 is 11.2 Å². The zero-order valence-corrected chi connectivity index (χ0v) is 16.7. The van der Waals surface area contributed by atoms with Crippen LogP contribution < -0.4 is 16.6 Å². The number of fused-ring (bicyclic) bond motifs is 1. The van der Waals surface area contributed by atoms with Gasteiger partial charge in [0.25, 0.3) is 11.5 Å². The Labute approximate surface area is 163 Å². The molecule has 27 heavy (non-hydrogen) atoms. The number of halogens is 1. The fourth-order valence-corrected chi connectivity index (χ4v) is 3.07. The van der Waals surface area contributed by atoms with Gasteiger partial charge in [-0.15, -0.1) is 12.4 Å². The van der Waals surface area contributed by atoms with Gasteiger partial charge in [0.1, 0.15) is 0 Å². The van der Waals surface area contributed by atoms with Gasteiger partial charge < -0.3 is 10.2 Å². The third-order valence-corrected chi connectivity index (χ3v) is 4.69. The Morgan fingerprint density at radius 1 is 1.41 bits per heavy atom. The predicted molar refractivity (Wildman–Crippen MR) is 107 cm³/mol. The molecule has 148 valence electrons. The van der Waals surface area contributed by atoms with Crippen LogP contribution in [0.2, 0.25) is 0 Å². The second-order valence-electron chi connectivity index (χ2n) is 6.81. The first-order valence-corrected chi connectivity index (χ1v) is 9.05. The van der Waals surface area contributed by atoms with Crippen molar-refractivity contribution in [2.24, 2.45) is 0 Å². The molecule has 1 aliphatic carbocycles. The van der Waals surface area contributed by atoms with Gasteiger partial charge in [0.15, 0.2) is 5.65 Å². The summed E-state index contributed by atoms with van der Waals surface area (Å²) in [6, 6.07) is 1.73. The quantitative estimate of drug-likeness (QED) is 0.730. The van der Waals surface area contributed by atoms with Gasteiger partial charge in [-0.05, 0) is 32.4 Å². The van der Waals surface area contributed by atoms with E-state index in [4.69, 9.17) is 0 Å². The molecule has 2 N–H and O–H groups in total. The highest BCUT2D eigenvalue weighted by molar-refractivity contribution is 6.05. The number of likely N-dealkylation sites (N-methyl/N-ethyl adjacent to an activating group) is 2. The summed E-state index contributed by atoms with van der Waals surface area (Å²) in [6.45, 7) is 3.56. The van der Waals surface area contributed by atoms with E-state index in [9.17, 15) is 14.4 Å². The monoisotopic (exact) mass is 395 g/mol. The minimum atomic E-state index is -0.558. The number of H-pyrrole nitrogens is 1. The van der Waals surface area contributed by atoms with Crippen molar-refractivity contribution in [3.05, 3.63) is 38.2 Å². The molecule has 2 heterocycles. The van der Waals surface area contributed by atoms with Crippen LogP contribution in [0.4, 0.5) is 0 Å². The van der Waals surface area contributed by atoms with E-state index >= 15 is 0 Å². The first-order chi connectivity index (χ1) is 12.5. The number of rotatable bonds is 7. The molecule has 9 heteroatoms. The fourth-order valence-electron chi connectivity index (χ4n) is 3.07. The Morgan fingerprint density at radius 3 is 2.70 bits per heavy atom. The molecule has 0 radical (unpaired) electrons. The number of aromatic nitrogens is 3. The van der Waals surface area contributed by atoms with Crippen LogP contribution in [0.1, 0.15) is 48.2 Å². The minimum absolute atomic E-state index is 0. The summed E-state index contributed by atoms with van der Waals surface area (Å²) in [5, 5.41) is 3.20. The third-order valence-electron chi connectivity index (χ3n) is 4.69. The molecular formula is C18H26ClN5O3. The SMILES string of the molecule is CCCn1c(=O)[nH]c(=O)c2c(C(=O)N(C)CCNC)cc(C3CC3)nc21.Cl. The maximum atomic E-state index is 13.0. The molecule has 0 aliphatic heterocycles. The molecular weight excluding hydrogens is 370 g/mol. The van der Waals surface area contributed by atoms with Crippen LogP contribution in [0.3, 0.4) is 0 Å². The zero-order valence-electron chi connectivity index (χ0n) is 15.9. The summed E-state index contributed by atoms with van der Waals surface area (Å²) in [4.78, 5) is 46.3. The number of hydrogen-bond donors (Lipinski definition) is 2. The van der Waals surface area contributed by atoms with E-state index in [2.05, 4.69) is 15.3 Å². The number of aromatic amines is 1. The van der Waals surface area contributed by atoms with Crippen molar-refractivity contribution >= 4 is 29.3 Å². The smallest absolute Gasteiger partial charge is 0.329 e. The van der Waals surface area contributed by atoms with Crippen molar-refractivity contribution < 1.29 is 4.79 Å². The van der Waals surface area contributed by atoms with Crippen molar-refractivity contribution in [1.82, 2.24) is 24.8 Å². The van der Waals surface area contributed by atoms with E-state index in [0.717, 1.165) is 25.0 Å². The van der Waals surface area contributed by atoms with E-state index in [1.54, 1.807) is 18.0 Å². The number of nitrogens with one attached hydrogen (secondary N) is 2. The largest absolute Gasteiger partial charge is 0.340 e. The molecule has 2 aromatic rings. The first kappa shape index (κ1) is 21.1. The van der Waals surface area contributed by atoms with Crippen LogP contribution in [0.25, 0.3) is 11.0 Å². The number of nitrogens with zero attached hydrogens (tertiary/aromatic N) is 3. The van der Waals surface area contributed by atoms with Gasteiger partial charge in [-0.2, -0.15) is 0 Å². The zero-order chi connectivity index (χ0) is 18.8. The molecule has 0 atom stereocenters. The van der Waals surface area contributed by atoms with Gasteiger partial charge in [0.2, 0.25) is 0 Å². The second kappa shape index (κ2) is 8.67. The maximum absolute atomic E-state index is 13.0. The Kier molecular flexibility index (Phi) is 6.78. The Morgan fingerprint density at radius 2 is 2.11 bits per heavy atom. The summed E-state index contributed by atoms with van der Waals surface area (Å²) < 4.78 is 1.47. The number of pyridine rings is 1. The van der Waals surface area contributed by atoms with Crippen LogP contribution in [-0.2, 0) is 6.54 Å². The summed E-state index contributed by atoms with van der Waals surface area (Å²) in [5.41, 5.74) is 0.388. The molecule has 2 aromatic heterocycles. The van der Waals surface area contributed by atoms with Gasteiger partial charge in [-0.1, -0.05) is 6.92 Å². The molecule has 1 aliphatic rings. The predicted octanol–water partition coefficient (Wildman–Crippen LogP) is 1.09. The number of carbonyl (C=O) groups is 1. The average molecular weight is 396 g/mol. The summed E-state index contributed by atoms with van der Waals surface area (Å²) in [7, 11) is 3.53. The average Bonchev–Trinajstić information content (AvgIpc) is 3.46. The van der Waals surface area contributed by atoms with Crippen LogP contribution in [0.15, 0.2) is 15.7 Å². The molecule has 0 saturated heterocycles. The third kappa shape index (κ3) is 4.22. The van der Waals surface area contributed by atoms with Crippen molar-refractivity contribution in [3.63, 3.8) is 0 Å². The van der Waals surface area contributed by atoms with Crippen molar-refractivity contribution in [1.29, 1.82) is 0 Å². The second-order valence-corrected chi connectivity index (χ2v) is 6.81. The van der Waals surface area contributed by atoms with E-state index in [1.165, 1.54) is 4.57 Å². The lowest BCUT2D eigenvalue weighted by atomic mass is 10.1. The fraction of sp³-hybridized carbons (Fsp3) is 0.556. The molecule has 0 aromatic carbocycles. The lowest BCUT2D eigenvalue weighted by Gasteiger charge is -2.19. The molecule has 3 rings (SSSR count).